The summed E-state index contributed by atoms with van der Waals surface area (Å²) in [6, 6.07) is 10.8. The van der Waals surface area contributed by atoms with Gasteiger partial charge in [0.15, 0.2) is 0 Å². The van der Waals surface area contributed by atoms with Gasteiger partial charge in [-0.3, -0.25) is 0 Å². The molecule has 0 spiro atoms. The van der Waals surface area contributed by atoms with Gasteiger partial charge in [0.2, 0.25) is 0 Å². The number of anilines is 1. The Morgan fingerprint density at radius 2 is 2.14 bits per heavy atom. The lowest BCUT2D eigenvalue weighted by atomic mass is 10.1. The number of nitrogens with one attached hydrogen (secondary N) is 1. The van der Waals surface area contributed by atoms with Gasteiger partial charge in [0.05, 0.1) is 19.4 Å². The van der Waals surface area contributed by atoms with E-state index in [-0.39, 0.29) is 5.82 Å². The minimum absolute atomic E-state index is 0.295. The SMILES string of the molecule is COc1cc(F)ccc1NCCc1ccc2c(c1)CCO2. The van der Waals surface area contributed by atoms with Crippen LogP contribution in [0.4, 0.5) is 10.1 Å². The van der Waals surface area contributed by atoms with Crippen LogP contribution >= 0.6 is 0 Å². The molecule has 0 saturated heterocycles. The Kier molecular flexibility index (Phi) is 3.95. The molecule has 1 aliphatic heterocycles. The van der Waals surface area contributed by atoms with E-state index >= 15 is 0 Å². The van der Waals surface area contributed by atoms with Gasteiger partial charge >= 0.3 is 0 Å². The normalized spacial score (nSPS) is 12.7. The van der Waals surface area contributed by atoms with Crippen LogP contribution in [0.1, 0.15) is 11.1 Å². The number of hydrogen-bond acceptors (Lipinski definition) is 3. The van der Waals surface area contributed by atoms with E-state index in [1.54, 1.807) is 13.2 Å². The molecule has 0 unspecified atom stereocenters. The maximum atomic E-state index is 13.1. The molecule has 0 saturated carbocycles. The monoisotopic (exact) mass is 287 g/mol. The standard InChI is InChI=1S/C17H18FNO2/c1-20-17-11-14(18)3-4-15(17)19-8-6-12-2-5-16-13(10-12)7-9-21-16/h2-5,10-11,19H,6-9H2,1H3. The summed E-state index contributed by atoms with van der Waals surface area (Å²) >= 11 is 0. The van der Waals surface area contributed by atoms with Gasteiger partial charge in [0.1, 0.15) is 17.3 Å². The van der Waals surface area contributed by atoms with Crippen molar-refractivity contribution in [2.45, 2.75) is 12.8 Å². The third kappa shape index (κ3) is 3.10. The molecule has 0 aromatic heterocycles. The topological polar surface area (TPSA) is 30.5 Å². The zero-order chi connectivity index (χ0) is 14.7. The molecule has 2 aromatic rings. The predicted octanol–water partition coefficient (Wildman–Crippen LogP) is 3.42. The largest absolute Gasteiger partial charge is 0.494 e. The molecule has 0 fully saturated rings. The minimum atomic E-state index is -0.295. The van der Waals surface area contributed by atoms with Crippen LogP contribution < -0.4 is 14.8 Å². The molecule has 4 heteroatoms. The number of hydrogen-bond donors (Lipinski definition) is 1. The van der Waals surface area contributed by atoms with E-state index in [9.17, 15) is 4.39 Å². The average molecular weight is 287 g/mol. The molecule has 0 bridgehead atoms. The number of halogens is 1. The lowest BCUT2D eigenvalue weighted by Crippen LogP contribution is -2.06. The second-order valence-corrected chi connectivity index (χ2v) is 5.06. The zero-order valence-electron chi connectivity index (χ0n) is 12.0. The van der Waals surface area contributed by atoms with Gasteiger partial charge in [-0.1, -0.05) is 12.1 Å². The fraction of sp³-hybridized carbons (Fsp3) is 0.294. The molecule has 0 atom stereocenters. The van der Waals surface area contributed by atoms with Crippen molar-refractivity contribution in [2.24, 2.45) is 0 Å². The summed E-state index contributed by atoms with van der Waals surface area (Å²) in [5.41, 5.74) is 3.36. The highest BCUT2D eigenvalue weighted by atomic mass is 19.1. The van der Waals surface area contributed by atoms with E-state index in [0.29, 0.717) is 5.75 Å². The van der Waals surface area contributed by atoms with Gasteiger partial charge in [0, 0.05) is 19.0 Å². The van der Waals surface area contributed by atoms with Crippen LogP contribution in [0.3, 0.4) is 0 Å². The predicted molar refractivity (Wildman–Crippen MR) is 80.8 cm³/mol. The van der Waals surface area contributed by atoms with Crippen LogP contribution in [-0.4, -0.2) is 20.3 Å². The lowest BCUT2D eigenvalue weighted by Gasteiger charge is -2.11. The first-order valence-corrected chi connectivity index (χ1v) is 7.08. The van der Waals surface area contributed by atoms with Crippen LogP contribution in [0.15, 0.2) is 36.4 Å². The summed E-state index contributed by atoms with van der Waals surface area (Å²) in [5, 5.41) is 3.28. The maximum absolute atomic E-state index is 13.1. The molecule has 0 aliphatic carbocycles. The number of ether oxygens (including phenoxy) is 2. The minimum Gasteiger partial charge on any atom is -0.494 e. The Morgan fingerprint density at radius 3 is 3.00 bits per heavy atom. The molecule has 1 aliphatic rings. The Labute approximate surface area is 123 Å². The molecule has 0 amide bonds. The van der Waals surface area contributed by atoms with Crippen molar-refractivity contribution in [1.29, 1.82) is 0 Å². The molecule has 0 radical (unpaired) electrons. The van der Waals surface area contributed by atoms with Crippen LogP contribution in [0.25, 0.3) is 0 Å². The third-order valence-corrected chi connectivity index (χ3v) is 3.65. The van der Waals surface area contributed by atoms with Crippen LogP contribution in [0.2, 0.25) is 0 Å². The third-order valence-electron chi connectivity index (χ3n) is 3.65. The number of benzene rings is 2. The number of rotatable bonds is 5. The number of fused-ring (bicyclic) bond motifs is 1. The second kappa shape index (κ2) is 6.04. The van der Waals surface area contributed by atoms with Crippen LogP contribution in [0, 0.1) is 5.82 Å². The van der Waals surface area contributed by atoms with Gasteiger partial charge in [0.25, 0.3) is 0 Å². The van der Waals surface area contributed by atoms with Gasteiger partial charge in [-0.25, -0.2) is 4.39 Å². The van der Waals surface area contributed by atoms with E-state index < -0.39 is 0 Å². The van der Waals surface area contributed by atoms with E-state index in [2.05, 4.69) is 17.4 Å². The van der Waals surface area contributed by atoms with E-state index in [1.165, 1.54) is 23.3 Å². The number of methoxy groups -OCH3 is 1. The molecule has 2 aromatic carbocycles. The first-order valence-electron chi connectivity index (χ1n) is 7.08. The van der Waals surface area contributed by atoms with Gasteiger partial charge in [-0.15, -0.1) is 0 Å². The summed E-state index contributed by atoms with van der Waals surface area (Å²) in [4.78, 5) is 0. The Hall–Kier alpha value is -2.23. The average Bonchev–Trinajstić information content (AvgIpc) is 2.96. The zero-order valence-corrected chi connectivity index (χ0v) is 12.0. The van der Waals surface area contributed by atoms with E-state index in [4.69, 9.17) is 9.47 Å². The summed E-state index contributed by atoms with van der Waals surface area (Å²) in [6.07, 6.45) is 1.89. The summed E-state index contributed by atoms with van der Waals surface area (Å²) < 4.78 is 23.8. The lowest BCUT2D eigenvalue weighted by molar-refractivity contribution is 0.357. The highest BCUT2D eigenvalue weighted by Crippen LogP contribution is 2.27. The molecular formula is C17H18FNO2. The van der Waals surface area contributed by atoms with Crippen molar-refractivity contribution in [2.75, 3.05) is 25.6 Å². The smallest absolute Gasteiger partial charge is 0.144 e. The molecule has 1 N–H and O–H groups in total. The first-order chi connectivity index (χ1) is 10.3. The highest BCUT2D eigenvalue weighted by Gasteiger charge is 2.11. The Bertz CT molecular complexity index is 643. The molecule has 21 heavy (non-hydrogen) atoms. The second-order valence-electron chi connectivity index (χ2n) is 5.06. The van der Waals surface area contributed by atoms with Gasteiger partial charge < -0.3 is 14.8 Å². The van der Waals surface area contributed by atoms with Crippen molar-refractivity contribution in [3.05, 3.63) is 53.3 Å². The van der Waals surface area contributed by atoms with Crippen molar-refractivity contribution in [3.8, 4) is 11.5 Å². The molecule has 3 rings (SSSR count). The quantitative estimate of drug-likeness (QED) is 0.914. The molecular weight excluding hydrogens is 269 g/mol. The summed E-state index contributed by atoms with van der Waals surface area (Å²) in [5.74, 6) is 1.24. The first kappa shape index (κ1) is 13.7. The van der Waals surface area contributed by atoms with Crippen LogP contribution in [-0.2, 0) is 12.8 Å². The van der Waals surface area contributed by atoms with Gasteiger partial charge in [-0.05, 0) is 35.7 Å². The summed E-state index contributed by atoms with van der Waals surface area (Å²) in [6.45, 7) is 1.55. The molecule has 1 heterocycles. The fourth-order valence-corrected chi connectivity index (χ4v) is 2.55. The Morgan fingerprint density at radius 1 is 1.24 bits per heavy atom. The van der Waals surface area contributed by atoms with Crippen molar-refractivity contribution in [3.63, 3.8) is 0 Å². The van der Waals surface area contributed by atoms with Crippen LogP contribution in [0.5, 0.6) is 11.5 Å². The Balaban J connectivity index is 1.61. The molecule has 3 nitrogen and oxygen atoms in total. The van der Waals surface area contributed by atoms with Crippen molar-refractivity contribution >= 4 is 5.69 Å². The van der Waals surface area contributed by atoms with E-state index in [1.807, 2.05) is 6.07 Å². The van der Waals surface area contributed by atoms with Gasteiger partial charge in [-0.2, -0.15) is 0 Å². The maximum Gasteiger partial charge on any atom is 0.144 e. The van der Waals surface area contributed by atoms with Crippen molar-refractivity contribution in [1.82, 2.24) is 0 Å². The van der Waals surface area contributed by atoms with E-state index in [0.717, 1.165) is 37.4 Å². The fourth-order valence-electron chi connectivity index (χ4n) is 2.55. The molecule has 110 valence electrons. The highest BCUT2D eigenvalue weighted by molar-refractivity contribution is 5.56. The van der Waals surface area contributed by atoms with Crippen molar-refractivity contribution < 1.29 is 13.9 Å². The summed E-state index contributed by atoms with van der Waals surface area (Å²) in [7, 11) is 1.54.